The number of amides is 2. The van der Waals surface area contributed by atoms with Crippen LogP contribution in [0.5, 0.6) is 0 Å². The molecule has 1 aliphatic carbocycles. The van der Waals surface area contributed by atoms with Crippen molar-refractivity contribution in [3.63, 3.8) is 0 Å². The Morgan fingerprint density at radius 1 is 0.966 bits per heavy atom. The van der Waals surface area contributed by atoms with Crippen molar-refractivity contribution < 1.29 is 9.59 Å². The van der Waals surface area contributed by atoms with Crippen LogP contribution in [0, 0.1) is 0 Å². The number of fused-ring (bicyclic) bond motifs is 1. The number of carbonyl (C=O) groups excluding carboxylic acids is 2. The molecule has 1 heterocycles. The molecule has 4 nitrogen and oxygen atoms in total. The fraction of sp³-hybridized carbons (Fsp3) is 0.217. The molecule has 2 N–H and O–H groups in total. The molecule has 0 aliphatic heterocycles. The summed E-state index contributed by atoms with van der Waals surface area (Å²) in [5, 5.41) is 7.08. The Kier molecular flexibility index (Phi) is 5.97. The largest absolute Gasteiger partial charge is 0.348 e. The molecule has 0 atom stereocenters. The minimum absolute atomic E-state index is 0.144. The molecule has 0 bridgehead atoms. The van der Waals surface area contributed by atoms with Gasteiger partial charge < -0.3 is 10.6 Å². The van der Waals surface area contributed by atoms with Gasteiger partial charge in [-0.3, -0.25) is 9.59 Å². The van der Waals surface area contributed by atoms with Gasteiger partial charge in [0.1, 0.15) is 5.00 Å². The van der Waals surface area contributed by atoms with E-state index < -0.39 is 0 Å². The monoisotopic (exact) mass is 424 g/mol. The topological polar surface area (TPSA) is 58.2 Å². The van der Waals surface area contributed by atoms with Crippen molar-refractivity contribution in [1.82, 2.24) is 5.32 Å². The fourth-order valence-electron chi connectivity index (χ4n) is 3.57. The average molecular weight is 425 g/mol. The molecule has 0 saturated heterocycles. The number of thiophene rings is 1. The second kappa shape index (κ2) is 8.80. The third-order valence-electron chi connectivity index (χ3n) is 5.01. The summed E-state index contributed by atoms with van der Waals surface area (Å²) < 4.78 is 0. The summed E-state index contributed by atoms with van der Waals surface area (Å²) in [7, 11) is 0. The predicted molar refractivity (Wildman–Crippen MR) is 118 cm³/mol. The Bertz CT molecular complexity index is 1050. The first-order chi connectivity index (χ1) is 14.1. The molecule has 29 heavy (non-hydrogen) atoms. The number of anilines is 1. The lowest BCUT2D eigenvalue weighted by Crippen LogP contribution is -2.25. The number of aryl methyl sites for hydroxylation is 1. The maximum Gasteiger partial charge on any atom is 0.256 e. The highest BCUT2D eigenvalue weighted by Gasteiger charge is 2.26. The zero-order valence-electron chi connectivity index (χ0n) is 15.8. The summed E-state index contributed by atoms with van der Waals surface area (Å²) in [5.41, 5.74) is 3.19. The van der Waals surface area contributed by atoms with Gasteiger partial charge in [-0.1, -0.05) is 48.0 Å². The first kappa shape index (κ1) is 19.7. The Balaban J connectivity index is 1.59. The summed E-state index contributed by atoms with van der Waals surface area (Å²) in [6.07, 6.45) is 3.99. The number of halogens is 1. The molecule has 0 radical (unpaired) electrons. The molecule has 4 rings (SSSR count). The third kappa shape index (κ3) is 4.52. The van der Waals surface area contributed by atoms with E-state index >= 15 is 0 Å². The Morgan fingerprint density at radius 2 is 1.76 bits per heavy atom. The number of carbonyl (C=O) groups is 2. The normalized spacial score (nSPS) is 12.9. The second-order valence-electron chi connectivity index (χ2n) is 7.05. The highest BCUT2D eigenvalue weighted by molar-refractivity contribution is 7.17. The molecule has 6 heteroatoms. The summed E-state index contributed by atoms with van der Waals surface area (Å²) in [6.45, 7) is 0.450. The van der Waals surface area contributed by atoms with E-state index in [1.165, 1.54) is 16.2 Å². The van der Waals surface area contributed by atoms with Crippen molar-refractivity contribution in [1.29, 1.82) is 0 Å². The van der Waals surface area contributed by atoms with Crippen LogP contribution in [0.1, 0.15) is 49.6 Å². The lowest BCUT2D eigenvalue weighted by Gasteiger charge is -2.13. The maximum absolute atomic E-state index is 13.1. The van der Waals surface area contributed by atoms with Crippen LogP contribution < -0.4 is 10.6 Å². The molecular formula is C23H21ClN2O2S. The molecule has 148 valence electrons. The third-order valence-corrected chi connectivity index (χ3v) is 6.45. The van der Waals surface area contributed by atoms with E-state index in [-0.39, 0.29) is 11.8 Å². The number of hydrogen-bond acceptors (Lipinski definition) is 3. The quantitative estimate of drug-likeness (QED) is 0.571. The van der Waals surface area contributed by atoms with Crippen molar-refractivity contribution in [3.8, 4) is 0 Å². The van der Waals surface area contributed by atoms with Crippen LogP contribution in [0.2, 0.25) is 5.02 Å². The van der Waals surface area contributed by atoms with Crippen molar-refractivity contribution in [2.45, 2.75) is 32.2 Å². The molecular weight excluding hydrogens is 404 g/mol. The molecule has 0 fully saturated rings. The van der Waals surface area contributed by atoms with Gasteiger partial charge in [0.15, 0.2) is 0 Å². The van der Waals surface area contributed by atoms with Crippen LogP contribution >= 0.6 is 22.9 Å². The minimum atomic E-state index is -0.261. The molecule has 1 aromatic heterocycles. The minimum Gasteiger partial charge on any atom is -0.348 e. The van der Waals surface area contributed by atoms with Crippen LogP contribution in [0.15, 0.2) is 54.6 Å². The van der Waals surface area contributed by atoms with E-state index in [0.29, 0.717) is 27.7 Å². The van der Waals surface area contributed by atoms with Crippen LogP contribution in [0.3, 0.4) is 0 Å². The molecule has 2 amide bonds. The van der Waals surface area contributed by atoms with Crippen molar-refractivity contribution in [2.75, 3.05) is 5.32 Å². The van der Waals surface area contributed by atoms with Crippen molar-refractivity contribution >= 4 is 39.8 Å². The number of nitrogens with one attached hydrogen (secondary N) is 2. The van der Waals surface area contributed by atoms with Gasteiger partial charge in [0.05, 0.1) is 5.56 Å². The van der Waals surface area contributed by atoms with Gasteiger partial charge in [0, 0.05) is 22.0 Å². The zero-order chi connectivity index (χ0) is 20.2. The van der Waals surface area contributed by atoms with Gasteiger partial charge in [-0.2, -0.15) is 0 Å². The molecule has 0 spiro atoms. The lowest BCUT2D eigenvalue weighted by molar-refractivity contribution is 0.0951. The summed E-state index contributed by atoms with van der Waals surface area (Å²) in [4.78, 5) is 27.0. The summed E-state index contributed by atoms with van der Waals surface area (Å²) in [6, 6.07) is 16.6. The Hall–Kier alpha value is -2.63. The number of rotatable bonds is 5. The van der Waals surface area contributed by atoms with Gasteiger partial charge in [0.25, 0.3) is 11.8 Å². The van der Waals surface area contributed by atoms with Crippen LogP contribution in [0.4, 0.5) is 5.00 Å². The smallest absolute Gasteiger partial charge is 0.256 e. The van der Waals surface area contributed by atoms with Gasteiger partial charge in [-0.15, -0.1) is 11.3 Å². The predicted octanol–water partition coefficient (Wildman–Crippen LogP) is 5.46. The van der Waals surface area contributed by atoms with Gasteiger partial charge in [0.2, 0.25) is 0 Å². The van der Waals surface area contributed by atoms with Gasteiger partial charge in [-0.05, 0) is 55.0 Å². The number of hydrogen-bond donors (Lipinski definition) is 2. The maximum atomic E-state index is 13.1. The molecule has 0 unspecified atom stereocenters. The van der Waals surface area contributed by atoms with Crippen molar-refractivity contribution in [2.24, 2.45) is 0 Å². The highest BCUT2D eigenvalue weighted by atomic mass is 35.5. The van der Waals surface area contributed by atoms with Gasteiger partial charge >= 0.3 is 0 Å². The standard InChI is InChI=1S/C23H21ClN2O2S/c24-17-10-6-9-16(13-17)21(27)26-23-20(18-11-4-5-12-19(18)29-23)22(28)25-14-15-7-2-1-3-8-15/h1-3,6-10,13H,4-5,11-12,14H2,(H,25,28)(H,26,27). The average Bonchev–Trinajstić information content (AvgIpc) is 3.10. The Labute approximate surface area is 178 Å². The molecule has 0 saturated carbocycles. The second-order valence-corrected chi connectivity index (χ2v) is 8.59. The summed E-state index contributed by atoms with van der Waals surface area (Å²) >= 11 is 7.53. The van der Waals surface area contributed by atoms with Crippen LogP contribution in [0.25, 0.3) is 0 Å². The fourth-order valence-corrected chi connectivity index (χ4v) is 5.04. The molecule has 2 aromatic carbocycles. The van der Waals surface area contributed by atoms with E-state index in [0.717, 1.165) is 36.8 Å². The lowest BCUT2D eigenvalue weighted by atomic mass is 9.95. The molecule has 3 aromatic rings. The first-order valence-corrected chi connectivity index (χ1v) is 10.8. The van der Waals surface area contributed by atoms with Crippen LogP contribution in [-0.4, -0.2) is 11.8 Å². The van der Waals surface area contributed by atoms with E-state index in [2.05, 4.69) is 10.6 Å². The molecule has 1 aliphatic rings. The van der Waals surface area contributed by atoms with E-state index in [1.54, 1.807) is 24.3 Å². The van der Waals surface area contributed by atoms with Crippen molar-refractivity contribution in [3.05, 3.63) is 86.8 Å². The first-order valence-electron chi connectivity index (χ1n) is 9.65. The van der Waals surface area contributed by atoms with E-state index in [1.807, 2.05) is 30.3 Å². The van der Waals surface area contributed by atoms with Gasteiger partial charge in [-0.25, -0.2) is 0 Å². The highest BCUT2D eigenvalue weighted by Crippen LogP contribution is 2.38. The number of benzene rings is 2. The van der Waals surface area contributed by atoms with Crippen LogP contribution in [-0.2, 0) is 19.4 Å². The van der Waals surface area contributed by atoms with E-state index in [9.17, 15) is 9.59 Å². The zero-order valence-corrected chi connectivity index (χ0v) is 17.4. The Morgan fingerprint density at radius 3 is 2.55 bits per heavy atom. The summed E-state index contributed by atoms with van der Waals surface area (Å²) in [5.74, 6) is -0.405. The van der Waals surface area contributed by atoms with E-state index in [4.69, 9.17) is 11.6 Å². The SMILES string of the molecule is O=C(Nc1sc2c(c1C(=O)NCc1ccccc1)CCCC2)c1cccc(Cl)c1.